The van der Waals surface area contributed by atoms with Gasteiger partial charge < -0.3 is 5.11 Å². The summed E-state index contributed by atoms with van der Waals surface area (Å²) in [5, 5.41) is 8.37. The zero-order chi connectivity index (χ0) is 9.61. The molecule has 0 amide bonds. The van der Waals surface area contributed by atoms with E-state index in [0.717, 1.165) is 19.3 Å². The molecule has 2 nitrogen and oxygen atoms in total. The Morgan fingerprint density at radius 2 is 1.64 bits per heavy atom. The van der Waals surface area contributed by atoms with Crippen LogP contribution in [0.5, 0.6) is 0 Å². The average Bonchev–Trinajstić information content (AvgIpc) is 1.83. The van der Waals surface area contributed by atoms with E-state index >= 15 is 0 Å². The molecule has 0 radical (unpaired) electrons. The van der Waals surface area contributed by atoms with E-state index in [4.69, 9.17) is 5.11 Å². The molecule has 1 N–H and O–H groups in total. The Labute approximate surface area is 119 Å². The Hall–Kier alpha value is 0.976. The van der Waals surface area contributed by atoms with E-state index in [2.05, 4.69) is 20.8 Å². The minimum absolute atomic E-state index is 0. The molecule has 0 saturated carbocycles. The van der Waals surface area contributed by atoms with Crippen molar-refractivity contribution in [2.75, 3.05) is 0 Å². The van der Waals surface area contributed by atoms with E-state index in [-0.39, 0.29) is 45.7 Å². The molecule has 0 aromatic rings. The Kier molecular flexibility index (Phi) is 15.3. The van der Waals surface area contributed by atoms with Gasteiger partial charge >= 0.3 is 32.2 Å². The number of hydrogen-bond donors (Lipinski definition) is 1. The number of carboxylic acids is 1. The molecular weight excluding hydrogens is 426 g/mol. The Morgan fingerprint density at radius 1 is 1.14 bits per heavy atom. The van der Waals surface area contributed by atoms with Crippen molar-refractivity contribution in [2.45, 2.75) is 52.9 Å². The summed E-state index contributed by atoms with van der Waals surface area (Å²) in [6.07, 6.45) is 4.53. The minimum atomic E-state index is -0.675. The molecule has 82 valence electrons. The van der Waals surface area contributed by atoms with Crippen molar-refractivity contribution >= 4 is 32.2 Å². The maximum atomic E-state index is 10.2. The van der Waals surface area contributed by atoms with Crippen LogP contribution in [0, 0.1) is 5.41 Å². The summed E-state index contributed by atoms with van der Waals surface area (Å²) in [5.74, 6) is -0.675. The van der Waals surface area contributed by atoms with E-state index in [9.17, 15) is 4.79 Å². The van der Waals surface area contributed by atoms with Crippen LogP contribution in [-0.4, -0.2) is 37.3 Å². The first-order valence-electron chi connectivity index (χ1n) is 4.63. The van der Waals surface area contributed by atoms with Crippen LogP contribution in [0.3, 0.4) is 0 Å². The zero-order valence-corrected chi connectivity index (χ0v) is 18.3. The van der Waals surface area contributed by atoms with Crippen LogP contribution in [0.15, 0.2) is 0 Å². The summed E-state index contributed by atoms with van der Waals surface area (Å²) >= 11 is 0. The van der Waals surface area contributed by atoms with Crippen molar-refractivity contribution in [3.05, 3.63) is 0 Å². The smallest absolute Gasteiger partial charge is 0 e. The van der Waals surface area contributed by atoms with Gasteiger partial charge in [0.15, 0.2) is 0 Å². The summed E-state index contributed by atoms with van der Waals surface area (Å²) in [6.45, 7) is 6.64. The third kappa shape index (κ3) is 18.7. The van der Waals surface area contributed by atoms with E-state index < -0.39 is 5.97 Å². The fraction of sp³-hybridized carbons (Fsp3) is 0.900. The first-order valence-corrected chi connectivity index (χ1v) is 4.63. The summed E-state index contributed by atoms with van der Waals surface area (Å²) in [6, 6.07) is 0. The Balaban J connectivity index is -0.000000605. The number of carboxylic acid groups (broad SMARTS) is 1. The SMILES string of the molecule is CC(C)(C)CCCCCC(=O)O.[BiH3].[Zn]. The van der Waals surface area contributed by atoms with Gasteiger partial charge in [0.1, 0.15) is 0 Å². The fourth-order valence-corrected chi connectivity index (χ4v) is 1.11. The second kappa shape index (κ2) is 10.5. The molecule has 14 heavy (non-hydrogen) atoms. The van der Waals surface area contributed by atoms with Gasteiger partial charge in [-0.25, -0.2) is 0 Å². The summed E-state index contributed by atoms with van der Waals surface area (Å²) in [5.41, 5.74) is 0.392. The van der Waals surface area contributed by atoms with Gasteiger partial charge in [0.25, 0.3) is 0 Å². The molecule has 4 heteroatoms. The predicted octanol–water partition coefficient (Wildman–Crippen LogP) is 1.88. The van der Waals surface area contributed by atoms with Gasteiger partial charge in [0, 0.05) is 25.9 Å². The number of aliphatic carboxylic acids is 1. The maximum Gasteiger partial charge on any atom is 0 e. The number of hydrogen-bond acceptors (Lipinski definition) is 1. The summed E-state index contributed by atoms with van der Waals surface area (Å²) in [4.78, 5) is 10.2. The van der Waals surface area contributed by atoms with Crippen molar-refractivity contribution < 1.29 is 29.4 Å². The van der Waals surface area contributed by atoms with Crippen molar-refractivity contribution in [3.63, 3.8) is 0 Å². The van der Waals surface area contributed by atoms with Crippen LogP contribution >= 0.6 is 0 Å². The van der Waals surface area contributed by atoms with Crippen molar-refractivity contribution in [1.82, 2.24) is 0 Å². The largest absolute Gasteiger partial charge is 0 e. The Morgan fingerprint density at radius 3 is 2.00 bits per heavy atom. The molecule has 0 aliphatic carbocycles. The van der Waals surface area contributed by atoms with Gasteiger partial charge in [-0.05, 0) is 18.3 Å². The first kappa shape index (κ1) is 20.4. The van der Waals surface area contributed by atoms with Gasteiger partial charge in [-0.2, -0.15) is 0 Å². The molecule has 0 atom stereocenters. The minimum Gasteiger partial charge on any atom is 0 e. The van der Waals surface area contributed by atoms with Crippen LogP contribution in [0.1, 0.15) is 52.9 Å². The molecule has 0 rings (SSSR count). The zero-order valence-electron chi connectivity index (χ0n) is 9.81. The topological polar surface area (TPSA) is 37.3 Å². The molecule has 0 saturated heterocycles. The monoisotopic (exact) mass is 448 g/mol. The van der Waals surface area contributed by atoms with Gasteiger partial charge in [-0.3, -0.25) is 4.79 Å². The molecular formula is C10H23BiO2Zn. The van der Waals surface area contributed by atoms with Crippen LogP contribution < -0.4 is 0 Å². The molecule has 0 bridgehead atoms. The van der Waals surface area contributed by atoms with Crippen molar-refractivity contribution in [1.29, 1.82) is 0 Å². The third-order valence-corrected chi connectivity index (χ3v) is 1.82. The molecule has 0 unspecified atom stereocenters. The summed E-state index contributed by atoms with van der Waals surface area (Å²) in [7, 11) is 0. The second-order valence-corrected chi connectivity index (χ2v) is 4.52. The second-order valence-electron chi connectivity index (χ2n) is 4.52. The molecule has 0 heterocycles. The molecule has 0 aromatic carbocycles. The molecule has 0 spiro atoms. The van der Waals surface area contributed by atoms with E-state index in [1.54, 1.807) is 0 Å². The fourth-order valence-electron chi connectivity index (χ4n) is 1.11. The van der Waals surface area contributed by atoms with E-state index in [0.29, 0.717) is 11.8 Å². The van der Waals surface area contributed by atoms with Gasteiger partial charge in [0.2, 0.25) is 0 Å². The van der Waals surface area contributed by atoms with E-state index in [1.165, 1.54) is 6.42 Å². The molecule has 0 aromatic heterocycles. The number of carbonyl (C=O) groups is 1. The third-order valence-electron chi connectivity index (χ3n) is 1.82. The maximum absolute atomic E-state index is 10.2. The predicted molar refractivity (Wildman–Crippen MR) is 60.1 cm³/mol. The van der Waals surface area contributed by atoms with E-state index in [1.807, 2.05) is 0 Å². The number of unbranched alkanes of at least 4 members (excludes halogenated alkanes) is 2. The molecule has 0 fully saturated rings. The van der Waals surface area contributed by atoms with Gasteiger partial charge in [0.05, 0.1) is 0 Å². The number of rotatable bonds is 5. The van der Waals surface area contributed by atoms with Crippen LogP contribution in [0.2, 0.25) is 0 Å². The first-order chi connectivity index (χ1) is 5.42. The quantitative estimate of drug-likeness (QED) is 0.514. The van der Waals surface area contributed by atoms with Crippen LogP contribution in [-0.2, 0) is 24.3 Å². The van der Waals surface area contributed by atoms with Gasteiger partial charge in [-0.1, -0.05) is 33.6 Å². The van der Waals surface area contributed by atoms with Crippen LogP contribution in [0.25, 0.3) is 0 Å². The van der Waals surface area contributed by atoms with Gasteiger partial charge in [-0.15, -0.1) is 0 Å². The standard InChI is InChI=1S/C10H20O2.Bi.Zn.3H/c1-10(2,3)8-6-4-5-7-9(11)12;;;;;/h4-8H2,1-3H3,(H,11,12);;;;;. The molecule has 0 aliphatic rings. The average molecular weight is 450 g/mol. The van der Waals surface area contributed by atoms with Crippen LogP contribution in [0.4, 0.5) is 0 Å². The van der Waals surface area contributed by atoms with Crippen molar-refractivity contribution in [3.8, 4) is 0 Å². The Bertz CT molecular complexity index is 144. The normalized spacial score (nSPS) is 9.93. The van der Waals surface area contributed by atoms with Crippen molar-refractivity contribution in [2.24, 2.45) is 5.41 Å². The molecule has 0 aliphatic heterocycles. The summed E-state index contributed by atoms with van der Waals surface area (Å²) < 4.78 is 0.